The van der Waals surface area contributed by atoms with E-state index in [1.807, 2.05) is 18.2 Å². The van der Waals surface area contributed by atoms with E-state index in [1.54, 1.807) is 6.20 Å². The number of amides is 1. The number of nitrogens with one attached hydrogen (secondary N) is 1. The SMILES string of the molecule is CCCCN1CCCCC1(C)C(=O)NCc1ccccn1. The molecule has 0 spiro atoms. The van der Waals surface area contributed by atoms with Crippen LogP contribution in [0, 0.1) is 0 Å². The smallest absolute Gasteiger partial charge is 0.240 e. The molecule has 1 aliphatic rings. The molecule has 0 aliphatic carbocycles. The molecule has 1 atom stereocenters. The van der Waals surface area contributed by atoms with Gasteiger partial charge in [0.25, 0.3) is 0 Å². The van der Waals surface area contributed by atoms with Crippen molar-refractivity contribution in [1.82, 2.24) is 15.2 Å². The summed E-state index contributed by atoms with van der Waals surface area (Å²) in [6.45, 7) is 6.85. The first-order valence-corrected chi connectivity index (χ1v) is 8.10. The summed E-state index contributed by atoms with van der Waals surface area (Å²) in [4.78, 5) is 19.3. The second-order valence-electron chi connectivity index (χ2n) is 6.08. The topological polar surface area (TPSA) is 45.2 Å². The Hall–Kier alpha value is -1.42. The summed E-state index contributed by atoms with van der Waals surface area (Å²) in [5.74, 6) is 0.143. The van der Waals surface area contributed by atoms with E-state index in [0.717, 1.165) is 38.0 Å². The number of rotatable bonds is 6. The third-order valence-corrected chi connectivity index (χ3v) is 4.47. The number of hydrogen-bond acceptors (Lipinski definition) is 3. The highest BCUT2D eigenvalue weighted by Gasteiger charge is 2.40. The third-order valence-electron chi connectivity index (χ3n) is 4.47. The van der Waals surface area contributed by atoms with E-state index in [2.05, 4.69) is 29.0 Å². The number of unbranched alkanes of at least 4 members (excludes halogenated alkanes) is 1. The van der Waals surface area contributed by atoms with Crippen LogP contribution in [0.25, 0.3) is 0 Å². The summed E-state index contributed by atoms with van der Waals surface area (Å²) in [5.41, 5.74) is 0.549. The molecule has 4 nitrogen and oxygen atoms in total. The van der Waals surface area contributed by atoms with Gasteiger partial charge in [0.05, 0.1) is 17.8 Å². The number of pyridine rings is 1. The maximum absolute atomic E-state index is 12.7. The van der Waals surface area contributed by atoms with Crippen LogP contribution in [0.5, 0.6) is 0 Å². The summed E-state index contributed by atoms with van der Waals surface area (Å²) in [6, 6.07) is 5.78. The second kappa shape index (κ2) is 7.55. The molecule has 4 heteroatoms. The maximum atomic E-state index is 12.7. The molecule has 2 rings (SSSR count). The minimum Gasteiger partial charge on any atom is -0.349 e. The Bertz CT molecular complexity index is 449. The predicted molar refractivity (Wildman–Crippen MR) is 84.8 cm³/mol. The first kappa shape index (κ1) is 16.0. The van der Waals surface area contributed by atoms with Crippen molar-refractivity contribution in [2.24, 2.45) is 0 Å². The Morgan fingerprint density at radius 1 is 1.43 bits per heavy atom. The number of nitrogens with zero attached hydrogens (tertiary/aromatic N) is 2. The van der Waals surface area contributed by atoms with Gasteiger partial charge in [-0.15, -0.1) is 0 Å². The zero-order valence-electron chi connectivity index (χ0n) is 13.3. The highest BCUT2D eigenvalue weighted by atomic mass is 16.2. The van der Waals surface area contributed by atoms with Crippen molar-refractivity contribution in [3.63, 3.8) is 0 Å². The highest BCUT2D eigenvalue weighted by molar-refractivity contribution is 5.85. The lowest BCUT2D eigenvalue weighted by Crippen LogP contribution is -2.59. The van der Waals surface area contributed by atoms with Crippen molar-refractivity contribution in [3.05, 3.63) is 30.1 Å². The van der Waals surface area contributed by atoms with Crippen molar-refractivity contribution < 1.29 is 4.79 Å². The van der Waals surface area contributed by atoms with Gasteiger partial charge >= 0.3 is 0 Å². The van der Waals surface area contributed by atoms with Crippen molar-refractivity contribution in [2.75, 3.05) is 13.1 Å². The molecule has 1 amide bonds. The predicted octanol–water partition coefficient (Wildman–Crippen LogP) is 2.74. The van der Waals surface area contributed by atoms with Gasteiger partial charge < -0.3 is 5.32 Å². The first-order chi connectivity index (χ1) is 10.2. The zero-order valence-corrected chi connectivity index (χ0v) is 13.3. The van der Waals surface area contributed by atoms with Crippen LogP contribution < -0.4 is 5.32 Å². The second-order valence-corrected chi connectivity index (χ2v) is 6.08. The van der Waals surface area contributed by atoms with Crippen LogP contribution in [0.1, 0.15) is 51.6 Å². The van der Waals surface area contributed by atoms with Gasteiger partial charge in [0.1, 0.15) is 0 Å². The number of hydrogen-bond donors (Lipinski definition) is 1. The Kier molecular flexibility index (Phi) is 5.74. The largest absolute Gasteiger partial charge is 0.349 e. The number of carbonyl (C=O) groups is 1. The molecule has 1 aromatic heterocycles. The zero-order chi connectivity index (χ0) is 15.1. The summed E-state index contributed by atoms with van der Waals surface area (Å²) < 4.78 is 0. The average molecular weight is 289 g/mol. The monoisotopic (exact) mass is 289 g/mol. The molecule has 0 aromatic carbocycles. The third kappa shape index (κ3) is 4.03. The Labute approximate surface area is 127 Å². The van der Waals surface area contributed by atoms with Crippen LogP contribution in [0.2, 0.25) is 0 Å². The molecule has 0 saturated carbocycles. The van der Waals surface area contributed by atoms with Crippen molar-refractivity contribution in [1.29, 1.82) is 0 Å². The molecule has 0 radical (unpaired) electrons. The number of likely N-dealkylation sites (tertiary alicyclic amines) is 1. The minimum atomic E-state index is -0.359. The number of piperidine rings is 1. The lowest BCUT2D eigenvalue weighted by molar-refractivity contribution is -0.135. The molecule has 116 valence electrons. The molecule has 2 heterocycles. The van der Waals surface area contributed by atoms with E-state index in [9.17, 15) is 4.79 Å². The molecular weight excluding hydrogens is 262 g/mol. The van der Waals surface area contributed by atoms with E-state index in [4.69, 9.17) is 0 Å². The van der Waals surface area contributed by atoms with Gasteiger partial charge in [-0.2, -0.15) is 0 Å². The molecule has 1 N–H and O–H groups in total. The van der Waals surface area contributed by atoms with Gasteiger partial charge in [-0.25, -0.2) is 0 Å². The number of carbonyl (C=O) groups excluding carboxylic acids is 1. The normalized spacial score (nSPS) is 23.0. The first-order valence-electron chi connectivity index (χ1n) is 8.10. The van der Waals surface area contributed by atoms with E-state index < -0.39 is 0 Å². The molecular formula is C17H27N3O. The maximum Gasteiger partial charge on any atom is 0.240 e. The Morgan fingerprint density at radius 2 is 2.29 bits per heavy atom. The van der Waals surface area contributed by atoms with Gasteiger partial charge in [0.15, 0.2) is 0 Å². The Morgan fingerprint density at radius 3 is 3.00 bits per heavy atom. The summed E-state index contributed by atoms with van der Waals surface area (Å²) in [6.07, 6.45) is 7.37. The fraction of sp³-hybridized carbons (Fsp3) is 0.647. The summed E-state index contributed by atoms with van der Waals surface area (Å²) in [7, 11) is 0. The van der Waals surface area contributed by atoms with Crippen LogP contribution in [-0.4, -0.2) is 34.4 Å². The van der Waals surface area contributed by atoms with E-state index >= 15 is 0 Å². The van der Waals surface area contributed by atoms with Crippen molar-refractivity contribution >= 4 is 5.91 Å². The molecule has 1 aromatic rings. The average Bonchev–Trinajstić information content (AvgIpc) is 2.53. The summed E-state index contributed by atoms with van der Waals surface area (Å²) in [5, 5.41) is 3.07. The van der Waals surface area contributed by atoms with Gasteiger partial charge in [-0.1, -0.05) is 19.4 Å². The molecule has 1 fully saturated rings. The van der Waals surface area contributed by atoms with Crippen LogP contribution in [0.4, 0.5) is 0 Å². The van der Waals surface area contributed by atoms with E-state index in [1.165, 1.54) is 12.8 Å². The fourth-order valence-corrected chi connectivity index (χ4v) is 3.01. The lowest BCUT2D eigenvalue weighted by atomic mass is 9.87. The van der Waals surface area contributed by atoms with Crippen molar-refractivity contribution in [3.8, 4) is 0 Å². The van der Waals surface area contributed by atoms with Gasteiger partial charge in [-0.05, 0) is 57.8 Å². The van der Waals surface area contributed by atoms with Gasteiger partial charge in [0, 0.05) is 6.20 Å². The molecule has 0 bridgehead atoms. The standard InChI is InChI=1S/C17H27N3O/c1-3-4-12-20-13-8-6-10-17(20,2)16(21)19-14-15-9-5-7-11-18-15/h5,7,9,11H,3-4,6,8,10,12-14H2,1-2H3,(H,19,21). The lowest BCUT2D eigenvalue weighted by Gasteiger charge is -2.43. The summed E-state index contributed by atoms with van der Waals surface area (Å²) >= 11 is 0. The van der Waals surface area contributed by atoms with E-state index in [-0.39, 0.29) is 11.4 Å². The molecule has 1 aliphatic heterocycles. The van der Waals surface area contributed by atoms with Crippen LogP contribution in [0.3, 0.4) is 0 Å². The molecule has 21 heavy (non-hydrogen) atoms. The quantitative estimate of drug-likeness (QED) is 0.876. The van der Waals surface area contributed by atoms with Crippen LogP contribution >= 0.6 is 0 Å². The van der Waals surface area contributed by atoms with Crippen LogP contribution in [-0.2, 0) is 11.3 Å². The van der Waals surface area contributed by atoms with Gasteiger partial charge in [-0.3, -0.25) is 14.7 Å². The Balaban J connectivity index is 1.96. The van der Waals surface area contributed by atoms with Crippen molar-refractivity contribution in [2.45, 2.75) is 58.0 Å². The highest BCUT2D eigenvalue weighted by Crippen LogP contribution is 2.28. The van der Waals surface area contributed by atoms with E-state index in [0.29, 0.717) is 6.54 Å². The van der Waals surface area contributed by atoms with Crippen LogP contribution in [0.15, 0.2) is 24.4 Å². The number of aromatic nitrogens is 1. The van der Waals surface area contributed by atoms with Gasteiger partial charge in [0.2, 0.25) is 5.91 Å². The molecule has 1 unspecified atom stereocenters. The minimum absolute atomic E-state index is 0.143. The fourth-order valence-electron chi connectivity index (χ4n) is 3.01. The molecule has 1 saturated heterocycles.